The van der Waals surface area contributed by atoms with E-state index in [9.17, 15) is 24.1 Å². The molecule has 2 atom stereocenters. The SMILES string of the molecule is CC(C)C([N+](CCCl)(N=O)C(N)=O)P(=O)(O)O. The van der Waals surface area contributed by atoms with Gasteiger partial charge in [-0.3, -0.25) is 4.57 Å². The van der Waals surface area contributed by atoms with Crippen LogP contribution in [-0.2, 0) is 4.57 Å². The second-order valence-corrected chi connectivity index (χ2v) is 5.99. The number of urea groups is 1. The van der Waals surface area contributed by atoms with Gasteiger partial charge in [-0.2, -0.15) is 0 Å². The first-order valence-electron chi connectivity index (χ1n) is 4.77. The van der Waals surface area contributed by atoms with Crippen molar-refractivity contribution in [3.05, 3.63) is 4.91 Å². The predicted molar refractivity (Wildman–Crippen MR) is 61.9 cm³/mol. The Bertz CT molecular complexity index is 346. The quantitative estimate of drug-likeness (QED) is 0.220. The third-order valence-electron chi connectivity index (χ3n) is 2.33. The highest BCUT2D eigenvalue weighted by Crippen LogP contribution is 2.50. The van der Waals surface area contributed by atoms with Gasteiger partial charge in [0.2, 0.25) is 5.78 Å². The smallest absolute Gasteiger partial charge is 0.320 e. The Morgan fingerprint density at radius 1 is 1.53 bits per heavy atom. The lowest BCUT2D eigenvalue weighted by molar-refractivity contribution is -0.871. The Labute approximate surface area is 103 Å². The summed E-state index contributed by atoms with van der Waals surface area (Å²) in [6.07, 6.45) is 0. The van der Waals surface area contributed by atoms with Crippen molar-refractivity contribution in [3.8, 4) is 0 Å². The molecule has 0 rings (SSSR count). The zero-order valence-corrected chi connectivity index (χ0v) is 11.1. The molecule has 17 heavy (non-hydrogen) atoms. The van der Waals surface area contributed by atoms with Gasteiger partial charge in [0.25, 0.3) is 0 Å². The third-order valence-corrected chi connectivity index (χ3v) is 4.17. The molecule has 0 aromatic heterocycles. The number of rotatable bonds is 6. The summed E-state index contributed by atoms with van der Waals surface area (Å²) in [5.41, 5.74) is 5.04. The maximum Gasteiger partial charge on any atom is 0.444 e. The molecule has 0 aliphatic carbocycles. The number of carbonyl (C=O) groups is 1. The van der Waals surface area contributed by atoms with Crippen molar-refractivity contribution in [1.82, 2.24) is 0 Å². The van der Waals surface area contributed by atoms with E-state index in [-0.39, 0.29) is 12.4 Å². The topological polar surface area (TPSA) is 130 Å². The molecule has 0 spiro atoms. The van der Waals surface area contributed by atoms with Gasteiger partial charge in [0.05, 0.1) is 5.88 Å². The fraction of sp³-hybridized carbons (Fsp3) is 0.857. The Kier molecular flexibility index (Phi) is 5.70. The van der Waals surface area contributed by atoms with Crippen molar-refractivity contribution in [1.29, 1.82) is 0 Å². The van der Waals surface area contributed by atoms with E-state index in [2.05, 4.69) is 5.29 Å². The van der Waals surface area contributed by atoms with E-state index < -0.39 is 29.9 Å². The van der Waals surface area contributed by atoms with Crippen LogP contribution >= 0.6 is 19.2 Å². The highest BCUT2D eigenvalue weighted by molar-refractivity contribution is 7.52. The highest BCUT2D eigenvalue weighted by atomic mass is 35.5. The Morgan fingerprint density at radius 3 is 2.18 bits per heavy atom. The number of nitrogens with zero attached hydrogens (tertiary/aromatic N) is 2. The number of primary amides is 1. The molecule has 0 saturated carbocycles. The molecule has 2 amide bonds. The van der Waals surface area contributed by atoms with Gasteiger partial charge in [-0.1, -0.05) is 23.3 Å². The molecule has 100 valence electrons. The lowest BCUT2D eigenvalue weighted by atomic mass is 10.2. The fourth-order valence-corrected chi connectivity index (χ4v) is 3.57. The molecule has 0 heterocycles. The van der Waals surface area contributed by atoms with Crippen LogP contribution in [0, 0.1) is 10.8 Å². The van der Waals surface area contributed by atoms with Gasteiger partial charge in [-0.15, -0.1) is 11.6 Å². The molecule has 8 nitrogen and oxygen atoms in total. The van der Waals surface area contributed by atoms with E-state index >= 15 is 0 Å². The molecule has 0 radical (unpaired) electrons. The average molecular weight is 289 g/mol. The van der Waals surface area contributed by atoms with Crippen LogP contribution in [0.15, 0.2) is 5.29 Å². The molecule has 0 aromatic rings. The molecule has 10 heteroatoms. The van der Waals surface area contributed by atoms with E-state index in [1.165, 1.54) is 13.8 Å². The number of nitroso groups, excluding NO2 is 1. The number of carbonyl (C=O) groups excluding carboxylic acids is 1. The molecule has 0 aliphatic rings. The van der Waals surface area contributed by atoms with Crippen molar-refractivity contribution in [3.63, 3.8) is 0 Å². The second kappa shape index (κ2) is 5.88. The van der Waals surface area contributed by atoms with E-state index in [0.717, 1.165) is 0 Å². The predicted octanol–water partition coefficient (Wildman–Crippen LogP) is 0.962. The zero-order valence-electron chi connectivity index (χ0n) is 9.49. The molecular weight excluding hydrogens is 273 g/mol. The summed E-state index contributed by atoms with van der Waals surface area (Å²) in [7, 11) is -4.73. The van der Waals surface area contributed by atoms with Gasteiger partial charge in [-0.25, -0.2) is 4.79 Å². The van der Waals surface area contributed by atoms with Crippen LogP contribution in [0.5, 0.6) is 0 Å². The first-order chi connectivity index (χ1) is 7.63. The summed E-state index contributed by atoms with van der Waals surface area (Å²) in [6, 6.07) is -1.23. The summed E-state index contributed by atoms with van der Waals surface area (Å²) in [6.45, 7) is 2.55. The minimum atomic E-state index is -4.73. The van der Waals surface area contributed by atoms with Gasteiger partial charge >= 0.3 is 13.6 Å². The third kappa shape index (κ3) is 3.46. The normalized spacial score (nSPS) is 17.5. The number of hydrogen-bond donors (Lipinski definition) is 3. The second-order valence-electron chi connectivity index (χ2n) is 3.91. The zero-order chi connectivity index (χ0) is 13.9. The Balaban J connectivity index is 5.76. The number of hydrogen-bond acceptors (Lipinski definition) is 4. The van der Waals surface area contributed by atoms with Crippen molar-refractivity contribution < 1.29 is 23.7 Å². The van der Waals surface area contributed by atoms with Crippen LogP contribution < -0.4 is 5.73 Å². The maximum absolute atomic E-state index is 11.4. The monoisotopic (exact) mass is 288 g/mol. The molecule has 0 saturated heterocycles. The maximum atomic E-state index is 11.4. The summed E-state index contributed by atoms with van der Waals surface area (Å²) in [5, 5.41) is 2.53. The molecule has 2 unspecified atom stereocenters. The van der Waals surface area contributed by atoms with Crippen LogP contribution in [0.25, 0.3) is 0 Å². The number of amides is 2. The number of nitrogens with two attached hydrogens (primary N) is 1. The van der Waals surface area contributed by atoms with Gasteiger partial charge < -0.3 is 15.5 Å². The average Bonchev–Trinajstić information content (AvgIpc) is 2.13. The molecule has 0 bridgehead atoms. The number of quaternary nitrogens is 1. The number of alkyl halides is 1. The minimum absolute atomic E-state index is 0.183. The largest absolute Gasteiger partial charge is 0.444 e. The summed E-state index contributed by atoms with van der Waals surface area (Å²) < 4.78 is 9.98. The van der Waals surface area contributed by atoms with Gasteiger partial charge in [0.1, 0.15) is 6.54 Å². The lowest BCUT2D eigenvalue weighted by Crippen LogP contribution is -2.60. The molecule has 0 aromatic carbocycles. The first kappa shape index (κ1) is 16.5. The van der Waals surface area contributed by atoms with Crippen LogP contribution in [0.3, 0.4) is 0 Å². The van der Waals surface area contributed by atoms with Crippen LogP contribution in [0.4, 0.5) is 4.79 Å². The molecule has 0 aliphatic heterocycles. The summed E-state index contributed by atoms with van der Waals surface area (Å²) in [4.78, 5) is 40.7. The van der Waals surface area contributed by atoms with Crippen molar-refractivity contribution in [2.24, 2.45) is 16.9 Å². The first-order valence-corrected chi connectivity index (χ1v) is 6.99. The Hall–Kier alpha value is -0.530. The van der Waals surface area contributed by atoms with E-state index in [1.807, 2.05) is 0 Å². The van der Waals surface area contributed by atoms with Crippen molar-refractivity contribution in [2.75, 3.05) is 12.4 Å². The van der Waals surface area contributed by atoms with Crippen LogP contribution in [0.1, 0.15) is 13.8 Å². The van der Waals surface area contributed by atoms with Crippen LogP contribution in [0.2, 0.25) is 0 Å². The van der Waals surface area contributed by atoms with Crippen molar-refractivity contribution in [2.45, 2.75) is 19.6 Å². The lowest BCUT2D eigenvalue weighted by Gasteiger charge is -2.33. The summed E-state index contributed by atoms with van der Waals surface area (Å²) >= 11 is 5.43. The van der Waals surface area contributed by atoms with Crippen molar-refractivity contribution >= 4 is 25.2 Å². The van der Waals surface area contributed by atoms with E-state index in [1.54, 1.807) is 0 Å². The van der Waals surface area contributed by atoms with Gasteiger partial charge in [0, 0.05) is 5.92 Å². The van der Waals surface area contributed by atoms with Gasteiger partial charge in [-0.05, 0) is 0 Å². The van der Waals surface area contributed by atoms with E-state index in [4.69, 9.17) is 17.3 Å². The molecule has 0 fully saturated rings. The summed E-state index contributed by atoms with van der Waals surface area (Å²) in [5.74, 6) is -2.49. The fourth-order valence-electron chi connectivity index (χ4n) is 1.76. The molecular formula is C7H16ClN3O5P+. The Morgan fingerprint density at radius 2 is 2.00 bits per heavy atom. The van der Waals surface area contributed by atoms with Gasteiger partial charge in [0.15, 0.2) is 5.29 Å². The number of halogens is 1. The standard InChI is InChI=1S/C7H15ClN3O5P/c1-5(2)6(17(14,15)16)11(10-13,4-3-8)7(9)12/h5-6H,3-4H2,1-2H3,(H3-,9,12,14,15,16)/p+1. The molecule has 4 N–H and O–H groups in total. The highest BCUT2D eigenvalue weighted by Gasteiger charge is 2.56. The van der Waals surface area contributed by atoms with Crippen LogP contribution in [-0.4, -0.2) is 38.6 Å². The minimum Gasteiger partial charge on any atom is -0.320 e. The van der Waals surface area contributed by atoms with E-state index in [0.29, 0.717) is 0 Å².